The molecule has 0 saturated carbocycles. The van der Waals surface area contributed by atoms with Gasteiger partial charge in [-0.15, -0.1) is 0 Å². The summed E-state index contributed by atoms with van der Waals surface area (Å²) in [7, 11) is 0. The van der Waals surface area contributed by atoms with Crippen LogP contribution in [0.4, 0.5) is 5.69 Å². The third-order valence-electron chi connectivity index (χ3n) is 5.57. The Hall–Kier alpha value is -1.84. The van der Waals surface area contributed by atoms with Crippen molar-refractivity contribution >= 4 is 17.5 Å². The van der Waals surface area contributed by atoms with E-state index >= 15 is 0 Å². The van der Waals surface area contributed by atoms with Crippen LogP contribution in [-0.2, 0) is 9.59 Å². The number of likely N-dealkylation sites (tertiary alicyclic amines) is 1. The molecule has 4 heteroatoms. The van der Waals surface area contributed by atoms with Crippen molar-refractivity contribution in [3.05, 3.63) is 29.8 Å². The second kappa shape index (κ2) is 6.96. The molecule has 1 saturated heterocycles. The number of rotatable bonds is 2. The van der Waals surface area contributed by atoms with Crippen LogP contribution in [0, 0.1) is 11.8 Å². The van der Waals surface area contributed by atoms with Gasteiger partial charge in [-0.25, -0.2) is 0 Å². The highest BCUT2D eigenvalue weighted by Crippen LogP contribution is 2.36. The van der Waals surface area contributed by atoms with Crippen molar-refractivity contribution in [1.82, 2.24) is 4.90 Å². The number of nitrogens with one attached hydrogen (secondary N) is 1. The van der Waals surface area contributed by atoms with Crippen LogP contribution in [-0.4, -0.2) is 29.3 Å². The number of para-hydroxylation sites is 1. The maximum Gasteiger partial charge on any atom is 0.230 e. The van der Waals surface area contributed by atoms with E-state index in [-0.39, 0.29) is 30.2 Å². The van der Waals surface area contributed by atoms with Crippen LogP contribution in [0.5, 0.6) is 0 Å². The molecular weight excluding hydrogens is 300 g/mol. The lowest BCUT2D eigenvalue weighted by atomic mass is 9.88. The monoisotopic (exact) mass is 328 g/mol. The number of nitrogens with zero attached hydrogens (tertiary/aromatic N) is 1. The minimum atomic E-state index is -0.343. The van der Waals surface area contributed by atoms with Crippen molar-refractivity contribution in [2.75, 3.05) is 11.9 Å². The molecule has 0 aromatic heterocycles. The summed E-state index contributed by atoms with van der Waals surface area (Å²) in [6.07, 6.45) is 3.54. The van der Waals surface area contributed by atoms with Gasteiger partial charge in [0, 0.05) is 24.7 Å². The predicted molar refractivity (Wildman–Crippen MR) is 95.8 cm³/mol. The summed E-state index contributed by atoms with van der Waals surface area (Å²) in [6.45, 7) is 7.47. The van der Waals surface area contributed by atoms with E-state index in [0.717, 1.165) is 30.6 Å². The van der Waals surface area contributed by atoms with Crippen LogP contribution >= 0.6 is 0 Å². The first-order chi connectivity index (χ1) is 11.5. The summed E-state index contributed by atoms with van der Waals surface area (Å²) in [5.74, 6) is 0.823. The molecule has 3 atom stereocenters. The Balaban J connectivity index is 1.90. The van der Waals surface area contributed by atoms with Gasteiger partial charge in [0.25, 0.3) is 0 Å². The van der Waals surface area contributed by atoms with Crippen LogP contribution < -0.4 is 5.32 Å². The lowest BCUT2D eigenvalue weighted by Gasteiger charge is -2.37. The summed E-state index contributed by atoms with van der Waals surface area (Å²) in [5, 5.41) is 2.89. The van der Waals surface area contributed by atoms with Crippen molar-refractivity contribution in [3.63, 3.8) is 0 Å². The molecule has 4 nitrogen and oxygen atoms in total. The van der Waals surface area contributed by atoms with Crippen molar-refractivity contribution in [3.8, 4) is 0 Å². The average molecular weight is 328 g/mol. The summed E-state index contributed by atoms with van der Waals surface area (Å²) in [6, 6.07) is 7.98. The normalized spacial score (nSPS) is 27.4. The molecule has 2 heterocycles. The van der Waals surface area contributed by atoms with Gasteiger partial charge in [-0.3, -0.25) is 9.59 Å². The number of carbonyl (C=O) groups is 2. The van der Waals surface area contributed by atoms with Gasteiger partial charge in [-0.05, 0) is 42.7 Å². The number of amides is 2. The summed E-state index contributed by atoms with van der Waals surface area (Å²) >= 11 is 0. The Labute approximate surface area is 144 Å². The highest BCUT2D eigenvalue weighted by atomic mass is 16.2. The van der Waals surface area contributed by atoms with Crippen molar-refractivity contribution in [2.45, 2.75) is 58.4 Å². The van der Waals surface area contributed by atoms with E-state index in [1.165, 1.54) is 6.42 Å². The SMILES string of the molecule is CC1CCC(C(C)C)N(C(=O)C2CC(=O)Nc3ccccc32)CC1. The first-order valence-corrected chi connectivity index (χ1v) is 9.16. The molecule has 3 unspecified atom stereocenters. The zero-order valence-corrected chi connectivity index (χ0v) is 14.9. The van der Waals surface area contributed by atoms with Gasteiger partial charge < -0.3 is 10.2 Å². The van der Waals surface area contributed by atoms with E-state index in [1.54, 1.807) is 0 Å². The quantitative estimate of drug-likeness (QED) is 0.898. The predicted octanol–water partition coefficient (Wildman–Crippen LogP) is 3.79. The van der Waals surface area contributed by atoms with Gasteiger partial charge >= 0.3 is 0 Å². The minimum absolute atomic E-state index is 0.0589. The van der Waals surface area contributed by atoms with E-state index in [9.17, 15) is 9.59 Å². The summed E-state index contributed by atoms with van der Waals surface area (Å²) < 4.78 is 0. The molecule has 130 valence electrons. The van der Waals surface area contributed by atoms with Gasteiger partial charge in [0.05, 0.1) is 5.92 Å². The van der Waals surface area contributed by atoms with E-state index in [0.29, 0.717) is 11.8 Å². The zero-order valence-electron chi connectivity index (χ0n) is 14.9. The number of anilines is 1. The second-order valence-corrected chi connectivity index (χ2v) is 7.71. The molecule has 0 radical (unpaired) electrons. The number of hydrogen-bond donors (Lipinski definition) is 1. The molecule has 1 aromatic carbocycles. The average Bonchev–Trinajstić information content (AvgIpc) is 2.75. The molecule has 1 aromatic rings. The molecule has 0 spiro atoms. The first-order valence-electron chi connectivity index (χ1n) is 9.16. The Kier molecular flexibility index (Phi) is 4.93. The fourth-order valence-corrected chi connectivity index (χ4v) is 4.08. The largest absolute Gasteiger partial charge is 0.339 e. The molecular formula is C20H28N2O2. The lowest BCUT2D eigenvalue weighted by molar-refractivity contribution is -0.138. The Morgan fingerprint density at radius 2 is 1.96 bits per heavy atom. The Morgan fingerprint density at radius 3 is 2.71 bits per heavy atom. The molecule has 0 bridgehead atoms. The highest BCUT2D eigenvalue weighted by Gasteiger charge is 2.37. The summed E-state index contributed by atoms with van der Waals surface area (Å²) in [4.78, 5) is 27.5. The van der Waals surface area contributed by atoms with Gasteiger partial charge in [-0.1, -0.05) is 39.0 Å². The third kappa shape index (κ3) is 3.33. The Bertz CT molecular complexity index is 626. The maximum atomic E-state index is 13.4. The standard InChI is InChI=1S/C20H28N2O2/c1-13(2)18-9-8-14(3)10-11-22(18)20(24)16-12-19(23)21-17-7-5-4-6-15(16)17/h4-7,13-14,16,18H,8-12H2,1-3H3,(H,21,23). The molecule has 2 aliphatic heterocycles. The van der Waals surface area contributed by atoms with Crippen LogP contribution in [0.3, 0.4) is 0 Å². The van der Waals surface area contributed by atoms with Crippen molar-refractivity contribution in [1.29, 1.82) is 0 Å². The molecule has 2 aliphatic rings. The first kappa shape index (κ1) is 17.0. The fourth-order valence-electron chi connectivity index (χ4n) is 4.08. The van der Waals surface area contributed by atoms with Crippen LogP contribution in [0.25, 0.3) is 0 Å². The zero-order chi connectivity index (χ0) is 17.3. The van der Waals surface area contributed by atoms with Crippen molar-refractivity contribution in [2.24, 2.45) is 11.8 Å². The van der Waals surface area contributed by atoms with E-state index in [2.05, 4.69) is 31.0 Å². The smallest absolute Gasteiger partial charge is 0.230 e. The van der Waals surface area contributed by atoms with Crippen LogP contribution in [0.15, 0.2) is 24.3 Å². The number of carbonyl (C=O) groups excluding carboxylic acids is 2. The van der Waals surface area contributed by atoms with Crippen LogP contribution in [0.1, 0.15) is 57.9 Å². The van der Waals surface area contributed by atoms with Crippen LogP contribution in [0.2, 0.25) is 0 Å². The van der Waals surface area contributed by atoms with Gasteiger partial charge in [0.2, 0.25) is 11.8 Å². The van der Waals surface area contributed by atoms with E-state index < -0.39 is 0 Å². The number of hydrogen-bond acceptors (Lipinski definition) is 2. The van der Waals surface area contributed by atoms with Gasteiger partial charge in [-0.2, -0.15) is 0 Å². The molecule has 3 rings (SSSR count). The molecule has 1 fully saturated rings. The third-order valence-corrected chi connectivity index (χ3v) is 5.57. The lowest BCUT2D eigenvalue weighted by Crippen LogP contribution is -2.46. The van der Waals surface area contributed by atoms with Crippen molar-refractivity contribution < 1.29 is 9.59 Å². The topological polar surface area (TPSA) is 49.4 Å². The fraction of sp³-hybridized carbons (Fsp3) is 0.600. The molecule has 24 heavy (non-hydrogen) atoms. The van der Waals surface area contributed by atoms with Gasteiger partial charge in [0.15, 0.2) is 0 Å². The minimum Gasteiger partial charge on any atom is -0.339 e. The highest BCUT2D eigenvalue weighted by molar-refractivity contribution is 6.01. The summed E-state index contributed by atoms with van der Waals surface area (Å²) in [5.41, 5.74) is 1.75. The Morgan fingerprint density at radius 1 is 1.21 bits per heavy atom. The van der Waals surface area contributed by atoms with E-state index in [1.807, 2.05) is 24.3 Å². The maximum absolute atomic E-state index is 13.4. The molecule has 1 N–H and O–H groups in total. The van der Waals surface area contributed by atoms with E-state index in [4.69, 9.17) is 0 Å². The van der Waals surface area contributed by atoms with Gasteiger partial charge in [0.1, 0.15) is 0 Å². The number of fused-ring (bicyclic) bond motifs is 1. The number of benzene rings is 1. The second-order valence-electron chi connectivity index (χ2n) is 7.71. The molecule has 2 amide bonds. The molecule has 0 aliphatic carbocycles.